The molecule has 1 atom stereocenters. The standard InChI is InChI=1S/C11H20N4O/c1-14(7-10-5-13-15(2)8-10)9-11-6-12-3-4-16-11/h5,8,11-12H,3-4,6-7,9H2,1-2H3. The summed E-state index contributed by atoms with van der Waals surface area (Å²) in [4.78, 5) is 2.27. The lowest BCUT2D eigenvalue weighted by atomic mass is 10.2. The highest BCUT2D eigenvalue weighted by Crippen LogP contribution is 2.04. The van der Waals surface area contributed by atoms with Crippen LogP contribution in [0.5, 0.6) is 0 Å². The van der Waals surface area contributed by atoms with Gasteiger partial charge in [-0.1, -0.05) is 0 Å². The van der Waals surface area contributed by atoms with Crippen LogP contribution in [-0.2, 0) is 18.3 Å². The Labute approximate surface area is 96.4 Å². The summed E-state index contributed by atoms with van der Waals surface area (Å²) in [5.41, 5.74) is 1.24. The van der Waals surface area contributed by atoms with E-state index in [9.17, 15) is 0 Å². The van der Waals surface area contributed by atoms with E-state index in [1.807, 2.05) is 17.9 Å². The summed E-state index contributed by atoms with van der Waals surface area (Å²) in [5, 5.41) is 7.50. The highest BCUT2D eigenvalue weighted by molar-refractivity contribution is 5.03. The van der Waals surface area contributed by atoms with Crippen molar-refractivity contribution in [2.75, 3.05) is 33.3 Å². The van der Waals surface area contributed by atoms with E-state index in [1.165, 1.54) is 5.56 Å². The molecule has 16 heavy (non-hydrogen) atoms. The van der Waals surface area contributed by atoms with E-state index in [4.69, 9.17) is 4.74 Å². The number of rotatable bonds is 4. The SMILES string of the molecule is CN(Cc1cnn(C)c1)CC1CNCCO1. The Morgan fingerprint density at radius 1 is 1.69 bits per heavy atom. The monoisotopic (exact) mass is 224 g/mol. The van der Waals surface area contributed by atoms with Crippen molar-refractivity contribution < 1.29 is 4.74 Å². The van der Waals surface area contributed by atoms with Crippen LogP contribution >= 0.6 is 0 Å². The van der Waals surface area contributed by atoms with Gasteiger partial charge in [0.2, 0.25) is 0 Å². The predicted molar refractivity (Wildman–Crippen MR) is 62.2 cm³/mol. The topological polar surface area (TPSA) is 42.3 Å². The van der Waals surface area contributed by atoms with Crippen LogP contribution in [0.1, 0.15) is 5.56 Å². The van der Waals surface area contributed by atoms with Gasteiger partial charge in [0, 0.05) is 45.0 Å². The first-order chi connectivity index (χ1) is 7.74. The van der Waals surface area contributed by atoms with Crippen molar-refractivity contribution in [3.8, 4) is 0 Å². The minimum atomic E-state index is 0.315. The van der Waals surface area contributed by atoms with Gasteiger partial charge < -0.3 is 10.1 Å². The molecule has 1 N–H and O–H groups in total. The molecule has 0 aromatic carbocycles. The Morgan fingerprint density at radius 2 is 2.56 bits per heavy atom. The quantitative estimate of drug-likeness (QED) is 0.772. The Morgan fingerprint density at radius 3 is 3.19 bits per heavy atom. The zero-order valence-electron chi connectivity index (χ0n) is 10.0. The molecule has 1 unspecified atom stereocenters. The molecule has 0 bridgehead atoms. The van der Waals surface area contributed by atoms with E-state index in [-0.39, 0.29) is 0 Å². The molecular weight excluding hydrogens is 204 g/mol. The molecule has 0 radical (unpaired) electrons. The smallest absolute Gasteiger partial charge is 0.0826 e. The third-order valence-corrected chi connectivity index (χ3v) is 2.73. The molecule has 90 valence electrons. The molecule has 0 aliphatic carbocycles. The van der Waals surface area contributed by atoms with E-state index >= 15 is 0 Å². The van der Waals surface area contributed by atoms with Crippen molar-refractivity contribution in [1.29, 1.82) is 0 Å². The third kappa shape index (κ3) is 3.30. The summed E-state index contributed by atoms with van der Waals surface area (Å²) in [6.45, 7) is 4.64. The fraction of sp³-hybridized carbons (Fsp3) is 0.727. The number of likely N-dealkylation sites (N-methyl/N-ethyl adjacent to an activating group) is 1. The van der Waals surface area contributed by atoms with Crippen LogP contribution in [0.25, 0.3) is 0 Å². The van der Waals surface area contributed by atoms with Gasteiger partial charge in [0.15, 0.2) is 0 Å². The Balaban J connectivity index is 1.77. The van der Waals surface area contributed by atoms with Gasteiger partial charge in [0.25, 0.3) is 0 Å². The Bertz CT molecular complexity index is 320. The first-order valence-electron chi connectivity index (χ1n) is 5.72. The fourth-order valence-corrected chi connectivity index (χ4v) is 2.01. The molecule has 5 nitrogen and oxygen atoms in total. The predicted octanol–water partition coefficient (Wildman–Crippen LogP) is -0.160. The second-order valence-electron chi connectivity index (χ2n) is 4.42. The lowest BCUT2D eigenvalue weighted by Crippen LogP contribution is -2.44. The molecule has 2 rings (SSSR count). The van der Waals surface area contributed by atoms with Gasteiger partial charge in [-0.3, -0.25) is 9.58 Å². The molecule has 5 heteroatoms. The molecule has 1 aliphatic rings. The van der Waals surface area contributed by atoms with Crippen LogP contribution in [0.15, 0.2) is 12.4 Å². The van der Waals surface area contributed by atoms with Crippen molar-refractivity contribution in [3.05, 3.63) is 18.0 Å². The average molecular weight is 224 g/mol. The molecule has 1 saturated heterocycles. The van der Waals surface area contributed by atoms with E-state index in [0.29, 0.717) is 6.10 Å². The summed E-state index contributed by atoms with van der Waals surface area (Å²) < 4.78 is 7.50. The van der Waals surface area contributed by atoms with Crippen LogP contribution in [0, 0.1) is 0 Å². The van der Waals surface area contributed by atoms with E-state index in [1.54, 1.807) is 0 Å². The van der Waals surface area contributed by atoms with Crippen molar-refractivity contribution in [2.45, 2.75) is 12.6 Å². The van der Waals surface area contributed by atoms with Crippen molar-refractivity contribution >= 4 is 0 Å². The van der Waals surface area contributed by atoms with E-state index < -0.39 is 0 Å². The third-order valence-electron chi connectivity index (χ3n) is 2.73. The Kier molecular flexibility index (Phi) is 3.93. The van der Waals surface area contributed by atoms with Crippen molar-refractivity contribution in [3.63, 3.8) is 0 Å². The number of morpholine rings is 1. The van der Waals surface area contributed by atoms with Crippen molar-refractivity contribution in [2.24, 2.45) is 7.05 Å². The van der Waals surface area contributed by atoms with Gasteiger partial charge in [0.05, 0.1) is 18.9 Å². The summed E-state index contributed by atoms with van der Waals surface area (Å²) >= 11 is 0. The van der Waals surface area contributed by atoms with Gasteiger partial charge in [-0.15, -0.1) is 0 Å². The van der Waals surface area contributed by atoms with Gasteiger partial charge in [-0.2, -0.15) is 5.10 Å². The van der Waals surface area contributed by atoms with Gasteiger partial charge in [0.1, 0.15) is 0 Å². The molecule has 1 aliphatic heterocycles. The number of ether oxygens (including phenoxy) is 1. The maximum atomic E-state index is 5.67. The minimum absolute atomic E-state index is 0.315. The second-order valence-corrected chi connectivity index (χ2v) is 4.42. The number of nitrogens with zero attached hydrogens (tertiary/aromatic N) is 3. The number of aryl methyl sites for hydroxylation is 1. The lowest BCUT2D eigenvalue weighted by Gasteiger charge is -2.27. The minimum Gasteiger partial charge on any atom is -0.374 e. The van der Waals surface area contributed by atoms with E-state index in [2.05, 4.69) is 28.6 Å². The summed E-state index contributed by atoms with van der Waals surface area (Å²) in [6, 6.07) is 0. The van der Waals surface area contributed by atoms with Crippen LogP contribution in [-0.4, -0.2) is 54.1 Å². The lowest BCUT2D eigenvalue weighted by molar-refractivity contribution is 0.00884. The maximum absolute atomic E-state index is 5.67. The first-order valence-corrected chi connectivity index (χ1v) is 5.72. The maximum Gasteiger partial charge on any atom is 0.0826 e. The molecule has 1 fully saturated rings. The highest BCUT2D eigenvalue weighted by atomic mass is 16.5. The van der Waals surface area contributed by atoms with Crippen LogP contribution in [0.3, 0.4) is 0 Å². The molecule has 1 aromatic heterocycles. The summed E-state index contributed by atoms with van der Waals surface area (Å²) in [6.07, 6.45) is 4.28. The number of nitrogens with one attached hydrogen (secondary N) is 1. The molecular formula is C11H20N4O. The zero-order chi connectivity index (χ0) is 11.4. The van der Waals surface area contributed by atoms with Crippen LogP contribution < -0.4 is 5.32 Å². The number of hydrogen-bond donors (Lipinski definition) is 1. The number of hydrogen-bond acceptors (Lipinski definition) is 4. The second kappa shape index (κ2) is 5.43. The average Bonchev–Trinajstić information content (AvgIpc) is 2.65. The molecule has 0 spiro atoms. The fourth-order valence-electron chi connectivity index (χ4n) is 2.01. The largest absolute Gasteiger partial charge is 0.374 e. The summed E-state index contributed by atoms with van der Waals surface area (Å²) in [5.74, 6) is 0. The van der Waals surface area contributed by atoms with E-state index in [0.717, 1.165) is 32.8 Å². The first kappa shape index (κ1) is 11.6. The number of aromatic nitrogens is 2. The van der Waals surface area contributed by atoms with Crippen molar-refractivity contribution in [1.82, 2.24) is 20.0 Å². The molecule has 1 aromatic rings. The van der Waals surface area contributed by atoms with Gasteiger partial charge >= 0.3 is 0 Å². The zero-order valence-corrected chi connectivity index (χ0v) is 10.0. The molecule has 0 saturated carbocycles. The molecule has 0 amide bonds. The molecule has 2 heterocycles. The Hall–Kier alpha value is -0.910. The van der Waals surface area contributed by atoms with Crippen LogP contribution in [0.4, 0.5) is 0 Å². The van der Waals surface area contributed by atoms with Crippen LogP contribution in [0.2, 0.25) is 0 Å². The normalized spacial score (nSPS) is 21.6. The van der Waals surface area contributed by atoms with Gasteiger partial charge in [-0.25, -0.2) is 0 Å². The van der Waals surface area contributed by atoms with Gasteiger partial charge in [-0.05, 0) is 7.05 Å². The highest BCUT2D eigenvalue weighted by Gasteiger charge is 2.15. The summed E-state index contributed by atoms with van der Waals surface area (Å²) in [7, 11) is 4.06.